The van der Waals surface area contributed by atoms with E-state index in [1.807, 2.05) is 31.3 Å². The first-order chi connectivity index (χ1) is 32.5. The highest BCUT2D eigenvalue weighted by atomic mass is 35.5. The Bertz CT molecular complexity index is 2790. The maximum atomic E-state index is 16.6. The molecule has 4 aromatic rings. The van der Waals surface area contributed by atoms with Crippen molar-refractivity contribution in [2.75, 3.05) is 32.0 Å². The summed E-state index contributed by atoms with van der Waals surface area (Å²) in [7, 11) is 3.69. The zero-order valence-electron chi connectivity index (χ0n) is 39.3. The van der Waals surface area contributed by atoms with Crippen molar-refractivity contribution in [2.24, 2.45) is 24.3 Å². The number of hydrogen-bond acceptors (Lipinski definition) is 7. The Morgan fingerprint density at radius 2 is 1.65 bits per heavy atom. The number of halogens is 3. The first-order valence-electron chi connectivity index (χ1n) is 24.5. The number of imidazole rings is 1. The largest absolute Gasteiger partial charge is 0.372 e. The van der Waals surface area contributed by atoms with Gasteiger partial charge in [-0.05, 0) is 150 Å². The Hall–Kier alpha value is -4.71. The summed E-state index contributed by atoms with van der Waals surface area (Å²) >= 11 is 13.0. The smallest absolute Gasteiger partial charge is 0.329 e. The molecule has 4 N–H and O–H groups in total. The number of hydrogen-bond donors (Lipinski definition) is 4. The number of likely N-dealkylation sites (N-methyl/N-ethyl adjacent to an activating group) is 1. The minimum absolute atomic E-state index is 0.0387. The summed E-state index contributed by atoms with van der Waals surface area (Å²) in [4.78, 5) is 59.8. The summed E-state index contributed by atoms with van der Waals surface area (Å²) in [5.41, 5.74) is 1.65. The Balaban J connectivity index is 0.798. The number of anilines is 1. The second-order valence-corrected chi connectivity index (χ2v) is 22.3. The molecule has 2 saturated carbocycles. The molecule has 5 heterocycles. The molecule has 3 aromatic carbocycles. The second kappa shape index (κ2) is 17.9. The monoisotopic (exact) mass is 965 g/mol. The van der Waals surface area contributed by atoms with Gasteiger partial charge in [-0.15, -0.1) is 0 Å². The van der Waals surface area contributed by atoms with Gasteiger partial charge in [-0.1, -0.05) is 67.1 Å². The van der Waals surface area contributed by atoms with Crippen LogP contribution in [-0.2, 0) is 26.8 Å². The number of aliphatic hydroxyl groups excluding tert-OH is 1. The zero-order valence-corrected chi connectivity index (χ0v) is 40.9. The van der Waals surface area contributed by atoms with Crippen LogP contribution in [0.3, 0.4) is 0 Å². The third kappa shape index (κ3) is 7.87. The van der Waals surface area contributed by atoms with Gasteiger partial charge in [-0.3, -0.25) is 28.4 Å². The number of amides is 3. The van der Waals surface area contributed by atoms with Crippen LogP contribution in [0.1, 0.15) is 120 Å². The van der Waals surface area contributed by atoms with E-state index in [0.717, 1.165) is 87.6 Å². The van der Waals surface area contributed by atoms with Crippen LogP contribution in [0.2, 0.25) is 10.0 Å². The number of benzene rings is 3. The molecule has 68 heavy (non-hydrogen) atoms. The summed E-state index contributed by atoms with van der Waals surface area (Å²) in [5.74, 6) is 5.55. The maximum absolute atomic E-state index is 16.6. The van der Waals surface area contributed by atoms with E-state index in [1.165, 1.54) is 6.07 Å². The third-order valence-corrected chi connectivity index (χ3v) is 17.6. The fraction of sp³-hybridized carbons (Fsp3) is 0.547. The molecule has 3 saturated heterocycles. The molecular formula is C53H62Cl2FN7O5. The van der Waals surface area contributed by atoms with Gasteiger partial charge in [-0.2, -0.15) is 0 Å². The lowest BCUT2D eigenvalue weighted by atomic mass is 9.53. The number of carbonyl (C=O) groups excluding carboxylic acids is 3. The van der Waals surface area contributed by atoms with Crippen molar-refractivity contribution in [1.82, 2.24) is 29.6 Å². The van der Waals surface area contributed by atoms with Gasteiger partial charge in [0.25, 0.3) is 0 Å². The molecule has 15 heteroatoms. The molecule has 2 spiro atoms. The Morgan fingerprint density at radius 1 is 0.912 bits per heavy atom. The van der Waals surface area contributed by atoms with Crippen LogP contribution in [0.15, 0.2) is 59.4 Å². The van der Waals surface area contributed by atoms with Gasteiger partial charge in [0, 0.05) is 59.7 Å². The molecule has 2 aliphatic carbocycles. The van der Waals surface area contributed by atoms with E-state index in [-0.39, 0.29) is 57.8 Å². The molecule has 10 rings (SSSR count). The maximum Gasteiger partial charge on any atom is 0.329 e. The van der Waals surface area contributed by atoms with Gasteiger partial charge < -0.3 is 26.0 Å². The van der Waals surface area contributed by atoms with E-state index in [0.29, 0.717) is 41.4 Å². The molecule has 5 fully saturated rings. The highest BCUT2D eigenvalue weighted by molar-refractivity contribution is 6.31. The minimum atomic E-state index is -1.28. The lowest BCUT2D eigenvalue weighted by molar-refractivity contribution is -0.129. The van der Waals surface area contributed by atoms with E-state index in [2.05, 4.69) is 51.4 Å². The highest BCUT2D eigenvalue weighted by Gasteiger charge is 2.75. The Labute approximate surface area is 407 Å². The summed E-state index contributed by atoms with van der Waals surface area (Å²) < 4.78 is 19.8. The Kier molecular flexibility index (Phi) is 12.4. The molecule has 1 aromatic heterocycles. The molecule has 0 bridgehead atoms. The van der Waals surface area contributed by atoms with Crippen LogP contribution in [0.5, 0.6) is 0 Å². The standard InChI is InChI=1S/C53H62Cl2FN7O5/c1-51(2)22-24-52(25-23-51)53(37-16-13-34(54)29-39(37)58-49(53)67)44(36-6-5-7-38(55)45(36)56)46(61(52)4)48(66)57-35-14-10-33(11-15-35)30-62-26-20-31(21-27-62)8-9-32-12-17-40-42(28-32)60(3)50(68)63(40)41-18-19-43(64)59-47(41)65/h5-7,12-13,16-17,28-29,31,33,35,41,44,46-47,65H,10-11,14-15,18-27,30H2,1-4H3,(H,57,66)(H,58,67)(H,59,64)/t33?,35?,41?,44-,46+,47?,53+/m0/s1. The van der Waals surface area contributed by atoms with Crippen LogP contribution in [0, 0.1) is 34.9 Å². The number of fused-ring (bicyclic) bond motifs is 4. The van der Waals surface area contributed by atoms with Crippen molar-refractivity contribution < 1.29 is 23.9 Å². The lowest BCUT2D eigenvalue weighted by Gasteiger charge is -2.53. The molecule has 5 atom stereocenters. The van der Waals surface area contributed by atoms with Crippen molar-refractivity contribution in [3.8, 4) is 11.8 Å². The first-order valence-corrected chi connectivity index (χ1v) is 25.3. The summed E-state index contributed by atoms with van der Waals surface area (Å²) in [5, 5.41) is 20.2. The number of piperidine rings is 2. The fourth-order valence-corrected chi connectivity index (χ4v) is 13.7. The molecule has 2 unspecified atom stereocenters. The minimum Gasteiger partial charge on any atom is -0.372 e. The highest BCUT2D eigenvalue weighted by Crippen LogP contribution is 2.67. The van der Waals surface area contributed by atoms with Crippen molar-refractivity contribution >= 4 is 57.6 Å². The van der Waals surface area contributed by atoms with Crippen molar-refractivity contribution in [3.05, 3.63) is 97.6 Å². The van der Waals surface area contributed by atoms with Crippen LogP contribution in [-0.4, -0.2) is 92.3 Å². The van der Waals surface area contributed by atoms with Gasteiger partial charge in [0.15, 0.2) is 0 Å². The van der Waals surface area contributed by atoms with Crippen LogP contribution < -0.4 is 21.6 Å². The van der Waals surface area contributed by atoms with E-state index >= 15 is 14.0 Å². The quantitative estimate of drug-likeness (QED) is 0.146. The van der Waals surface area contributed by atoms with E-state index in [9.17, 15) is 14.7 Å². The number of nitrogens with zero attached hydrogens (tertiary/aromatic N) is 4. The molecule has 12 nitrogen and oxygen atoms in total. The van der Waals surface area contributed by atoms with Crippen molar-refractivity contribution in [1.29, 1.82) is 0 Å². The van der Waals surface area contributed by atoms with Crippen LogP contribution in [0.25, 0.3) is 11.0 Å². The lowest BCUT2D eigenvalue weighted by Crippen LogP contribution is -2.62. The van der Waals surface area contributed by atoms with E-state index < -0.39 is 41.0 Å². The van der Waals surface area contributed by atoms with Gasteiger partial charge in [0.05, 0.1) is 28.1 Å². The van der Waals surface area contributed by atoms with Crippen LogP contribution in [0.4, 0.5) is 10.1 Å². The predicted octanol–water partition coefficient (Wildman–Crippen LogP) is 7.62. The van der Waals surface area contributed by atoms with Gasteiger partial charge in [-0.25, -0.2) is 9.18 Å². The SMILES string of the molecule is CN1[C@@H](C(=O)NC2CCC(CN3CCC(C#Cc4ccc5c(c4)n(C)c(=O)n5C4CCC(=O)NC4O)CC3)CC2)[C@H](c2cccc(Cl)c2F)[C@]2(C(=O)Nc3cc(Cl)ccc32)C12CCC(C)(C)CC2. The molecule has 6 aliphatic rings. The summed E-state index contributed by atoms with van der Waals surface area (Å²) in [6, 6.07) is 14.7. The fourth-order valence-electron chi connectivity index (χ4n) is 13.3. The molecular weight excluding hydrogens is 905 g/mol. The summed E-state index contributed by atoms with van der Waals surface area (Å²) in [6.07, 6.45) is 8.13. The van der Waals surface area contributed by atoms with Gasteiger partial charge in [0.1, 0.15) is 17.5 Å². The molecule has 3 amide bonds. The number of rotatable bonds is 6. The van der Waals surface area contributed by atoms with Crippen molar-refractivity contribution in [2.45, 2.75) is 132 Å². The van der Waals surface area contributed by atoms with Crippen LogP contribution >= 0.6 is 23.2 Å². The zero-order chi connectivity index (χ0) is 47.9. The van der Waals surface area contributed by atoms with E-state index in [1.54, 1.807) is 40.4 Å². The number of likely N-dealkylation sites (tertiary alicyclic amines) is 2. The number of aliphatic hydroxyl groups is 1. The average molecular weight is 967 g/mol. The number of aromatic nitrogens is 2. The Morgan fingerprint density at radius 3 is 2.37 bits per heavy atom. The predicted molar refractivity (Wildman–Crippen MR) is 262 cm³/mol. The molecule has 4 aliphatic heterocycles. The number of nitrogens with one attached hydrogen (secondary N) is 3. The normalized spacial score (nSPS) is 29.4. The number of carbonyl (C=O) groups is 3. The van der Waals surface area contributed by atoms with Crippen molar-refractivity contribution in [3.63, 3.8) is 0 Å². The van der Waals surface area contributed by atoms with Gasteiger partial charge >= 0.3 is 5.69 Å². The molecule has 360 valence electrons. The second-order valence-electron chi connectivity index (χ2n) is 21.4. The van der Waals surface area contributed by atoms with Gasteiger partial charge in [0.2, 0.25) is 17.7 Å². The summed E-state index contributed by atoms with van der Waals surface area (Å²) in [6.45, 7) is 7.44. The number of aryl methyl sites for hydroxylation is 1. The molecule has 0 radical (unpaired) electrons. The topological polar surface area (TPSA) is 141 Å². The van der Waals surface area contributed by atoms with E-state index in [4.69, 9.17) is 23.2 Å². The third-order valence-electron chi connectivity index (χ3n) is 17.1. The first kappa shape index (κ1) is 47.0. The average Bonchev–Trinajstić information content (AvgIpc) is 3.83.